The summed E-state index contributed by atoms with van der Waals surface area (Å²) < 4.78 is 20.7. The van der Waals surface area contributed by atoms with Crippen LogP contribution in [0.25, 0.3) is 22.3 Å². The molecule has 1 saturated carbocycles. The van der Waals surface area contributed by atoms with Crippen LogP contribution in [0.2, 0.25) is 0 Å². The number of piperazine rings is 1. The number of carbonyl (C=O) groups excluding carboxylic acids is 1. The quantitative estimate of drug-likeness (QED) is 0.303. The summed E-state index contributed by atoms with van der Waals surface area (Å²) in [5.74, 6) is 1.20. The highest BCUT2D eigenvalue weighted by Crippen LogP contribution is 2.31. The number of nitrogens with zero attached hydrogens (tertiary/aromatic N) is 6. The molecular formula is C31H37FN8O2. The van der Waals surface area contributed by atoms with Gasteiger partial charge < -0.3 is 19.9 Å². The van der Waals surface area contributed by atoms with Crippen LogP contribution in [0.4, 0.5) is 15.0 Å². The van der Waals surface area contributed by atoms with E-state index in [0.717, 1.165) is 54.3 Å². The lowest BCUT2D eigenvalue weighted by Gasteiger charge is -2.35. The maximum Gasteiger partial charge on any atom is 0.410 e. The number of hydrogen-bond donors (Lipinski definition) is 2. The number of amides is 1. The molecule has 0 spiro atoms. The molecule has 2 aliphatic rings. The molecule has 0 radical (unpaired) electrons. The highest BCUT2D eigenvalue weighted by Gasteiger charge is 2.26. The third-order valence-electron chi connectivity index (χ3n) is 7.51. The monoisotopic (exact) mass is 572 g/mol. The molecule has 4 aromatic rings. The van der Waals surface area contributed by atoms with E-state index in [4.69, 9.17) is 9.72 Å². The number of hydrogen-bond acceptors (Lipinski definition) is 8. The molecule has 1 saturated heterocycles. The van der Waals surface area contributed by atoms with Crippen LogP contribution >= 0.6 is 0 Å². The molecule has 220 valence electrons. The smallest absolute Gasteiger partial charge is 0.410 e. The Morgan fingerprint density at radius 2 is 1.90 bits per heavy atom. The van der Waals surface area contributed by atoms with Crippen molar-refractivity contribution >= 4 is 22.9 Å². The number of ether oxygens (including phenoxy) is 1. The minimum absolute atomic E-state index is 0.244. The summed E-state index contributed by atoms with van der Waals surface area (Å²) in [5, 5.41) is 3.12. The lowest BCUT2D eigenvalue weighted by Crippen LogP contribution is -2.49. The van der Waals surface area contributed by atoms with Crippen molar-refractivity contribution in [3.63, 3.8) is 0 Å². The summed E-state index contributed by atoms with van der Waals surface area (Å²) in [5.41, 5.74) is 4.12. The van der Waals surface area contributed by atoms with Gasteiger partial charge in [0.05, 0.1) is 11.0 Å². The number of pyridine rings is 1. The third-order valence-corrected chi connectivity index (χ3v) is 7.51. The van der Waals surface area contributed by atoms with E-state index in [9.17, 15) is 4.79 Å². The molecule has 42 heavy (non-hydrogen) atoms. The second kappa shape index (κ2) is 11.6. The Balaban J connectivity index is 1.09. The summed E-state index contributed by atoms with van der Waals surface area (Å²) in [6.07, 6.45) is 5.88. The molecule has 1 amide bonds. The van der Waals surface area contributed by atoms with Crippen LogP contribution in [0.1, 0.15) is 50.7 Å². The number of imidazole rings is 1. The lowest BCUT2D eigenvalue weighted by molar-refractivity contribution is 0.0139. The van der Waals surface area contributed by atoms with Crippen LogP contribution in [0.5, 0.6) is 0 Å². The number of H-pyrrole nitrogens is 1. The number of carbonyl (C=O) groups is 1. The van der Waals surface area contributed by atoms with E-state index in [1.807, 2.05) is 51.2 Å². The van der Waals surface area contributed by atoms with Crippen molar-refractivity contribution in [2.45, 2.75) is 52.2 Å². The molecule has 2 fully saturated rings. The average Bonchev–Trinajstić information content (AvgIpc) is 3.69. The number of rotatable bonds is 8. The summed E-state index contributed by atoms with van der Waals surface area (Å²) in [6, 6.07) is 9.72. The zero-order valence-corrected chi connectivity index (χ0v) is 24.4. The minimum atomic E-state index is -0.491. The van der Waals surface area contributed by atoms with Crippen molar-refractivity contribution in [1.29, 1.82) is 0 Å². The number of nitrogens with one attached hydrogen (secondary N) is 2. The average molecular weight is 573 g/mol. The first-order valence-corrected chi connectivity index (χ1v) is 14.6. The summed E-state index contributed by atoms with van der Waals surface area (Å²) in [6.45, 7) is 10.0. The fourth-order valence-electron chi connectivity index (χ4n) is 5.12. The van der Waals surface area contributed by atoms with Gasteiger partial charge in [-0.3, -0.25) is 9.88 Å². The van der Waals surface area contributed by atoms with Gasteiger partial charge in [0, 0.05) is 63.1 Å². The number of halogens is 1. The number of fused-ring (bicyclic) bond motifs is 1. The summed E-state index contributed by atoms with van der Waals surface area (Å²) in [4.78, 5) is 37.5. The van der Waals surface area contributed by atoms with E-state index < -0.39 is 11.4 Å². The normalized spacial score (nSPS) is 16.1. The fraction of sp³-hybridized carbons (Fsp3) is 0.452. The van der Waals surface area contributed by atoms with E-state index in [1.54, 1.807) is 4.90 Å². The second-order valence-electron chi connectivity index (χ2n) is 12.2. The third kappa shape index (κ3) is 6.84. The molecule has 1 aliphatic heterocycles. The van der Waals surface area contributed by atoms with Gasteiger partial charge in [0.1, 0.15) is 23.4 Å². The highest BCUT2D eigenvalue weighted by molar-refractivity contribution is 5.81. The number of benzene rings is 1. The Bertz CT molecular complexity index is 1570. The van der Waals surface area contributed by atoms with Crippen molar-refractivity contribution in [3.05, 3.63) is 65.8 Å². The molecule has 3 aromatic heterocycles. The van der Waals surface area contributed by atoms with Gasteiger partial charge in [-0.25, -0.2) is 24.1 Å². The van der Waals surface area contributed by atoms with Gasteiger partial charge in [-0.05, 0) is 69.4 Å². The molecule has 11 heteroatoms. The Morgan fingerprint density at radius 3 is 2.67 bits per heavy atom. The second-order valence-corrected chi connectivity index (χ2v) is 12.2. The zero-order valence-electron chi connectivity index (χ0n) is 24.4. The number of aromatic amines is 1. The predicted molar refractivity (Wildman–Crippen MR) is 158 cm³/mol. The largest absolute Gasteiger partial charge is 0.444 e. The molecule has 0 unspecified atom stereocenters. The van der Waals surface area contributed by atoms with Crippen LogP contribution in [0.15, 0.2) is 42.9 Å². The van der Waals surface area contributed by atoms with Crippen LogP contribution < -0.4 is 5.32 Å². The molecule has 1 aliphatic carbocycles. The number of aromatic nitrogens is 5. The Labute approximate surface area is 244 Å². The van der Waals surface area contributed by atoms with Gasteiger partial charge in [0.15, 0.2) is 11.6 Å². The molecule has 0 atom stereocenters. The molecule has 1 aromatic carbocycles. The Morgan fingerprint density at radius 1 is 1.10 bits per heavy atom. The predicted octanol–water partition coefficient (Wildman–Crippen LogP) is 5.02. The van der Waals surface area contributed by atoms with Crippen molar-refractivity contribution in [2.75, 3.05) is 38.0 Å². The van der Waals surface area contributed by atoms with Gasteiger partial charge in [0.25, 0.3) is 0 Å². The molecule has 6 rings (SSSR count). The molecule has 10 nitrogen and oxygen atoms in total. The van der Waals surface area contributed by atoms with Crippen LogP contribution in [0, 0.1) is 11.7 Å². The molecule has 2 N–H and O–H groups in total. The van der Waals surface area contributed by atoms with Gasteiger partial charge in [0.2, 0.25) is 0 Å². The lowest BCUT2D eigenvalue weighted by atomic mass is 10.1. The Kier molecular flexibility index (Phi) is 7.76. The molecule has 4 heterocycles. The van der Waals surface area contributed by atoms with E-state index in [0.29, 0.717) is 31.0 Å². The van der Waals surface area contributed by atoms with Crippen molar-refractivity contribution in [1.82, 2.24) is 34.7 Å². The van der Waals surface area contributed by atoms with Gasteiger partial charge >= 0.3 is 6.09 Å². The SMILES string of the molecule is CC(C)(C)OC(=O)N1CCN(Cc2ccnc(Cc3nc4ccc(-c5ncnc(NCC6CC6)c5F)cc4[nH]3)c2)CC1. The maximum atomic E-state index is 15.2. The number of anilines is 1. The van der Waals surface area contributed by atoms with Gasteiger partial charge in [-0.1, -0.05) is 6.07 Å². The van der Waals surface area contributed by atoms with Crippen LogP contribution in [-0.2, 0) is 17.7 Å². The first-order chi connectivity index (χ1) is 20.2. The van der Waals surface area contributed by atoms with Crippen LogP contribution in [0.3, 0.4) is 0 Å². The Hall–Kier alpha value is -4.12. The van der Waals surface area contributed by atoms with Crippen LogP contribution in [-0.4, -0.2) is 79.1 Å². The minimum Gasteiger partial charge on any atom is -0.444 e. The summed E-state index contributed by atoms with van der Waals surface area (Å²) in [7, 11) is 0. The zero-order chi connectivity index (χ0) is 29.3. The van der Waals surface area contributed by atoms with E-state index in [1.165, 1.54) is 19.2 Å². The molecular weight excluding hydrogens is 535 g/mol. The van der Waals surface area contributed by atoms with E-state index >= 15 is 4.39 Å². The van der Waals surface area contributed by atoms with E-state index in [-0.39, 0.29) is 17.6 Å². The van der Waals surface area contributed by atoms with Crippen molar-refractivity contribution < 1.29 is 13.9 Å². The fourth-order valence-corrected chi connectivity index (χ4v) is 5.12. The van der Waals surface area contributed by atoms with Crippen molar-refractivity contribution in [3.8, 4) is 11.3 Å². The first-order valence-electron chi connectivity index (χ1n) is 14.6. The van der Waals surface area contributed by atoms with Gasteiger partial charge in [-0.2, -0.15) is 0 Å². The first kappa shape index (κ1) is 28.0. The van der Waals surface area contributed by atoms with E-state index in [2.05, 4.69) is 36.2 Å². The maximum absolute atomic E-state index is 15.2. The van der Waals surface area contributed by atoms with Gasteiger partial charge in [-0.15, -0.1) is 0 Å². The molecule has 0 bridgehead atoms. The standard InChI is InChI=1S/C31H37FN8O2/c1-31(2,3)42-30(41)40-12-10-39(11-13-40)18-21-8-9-33-23(14-21)16-26-37-24-7-6-22(15-25(24)38-26)28-27(32)29(36-19-35-28)34-17-20-4-5-20/h6-9,14-15,19-20H,4-5,10-13,16-18H2,1-3H3,(H,37,38)(H,34,35,36). The summed E-state index contributed by atoms with van der Waals surface area (Å²) >= 11 is 0. The topological polar surface area (TPSA) is 112 Å². The van der Waals surface area contributed by atoms with Crippen molar-refractivity contribution in [2.24, 2.45) is 5.92 Å². The highest BCUT2D eigenvalue weighted by atomic mass is 19.1.